The smallest absolute Gasteiger partial charge is 0.0349 e. The van der Waals surface area contributed by atoms with E-state index in [1.54, 1.807) is 0 Å². The Morgan fingerprint density at radius 3 is 2.23 bits per heavy atom. The van der Waals surface area contributed by atoms with E-state index in [4.69, 9.17) is 0 Å². The summed E-state index contributed by atoms with van der Waals surface area (Å²) in [5, 5.41) is 1.31. The largest absolute Gasteiger partial charge is 0.136 e. The first-order valence-corrected chi connectivity index (χ1v) is 9.84. The second kappa shape index (κ2) is 7.31. The van der Waals surface area contributed by atoms with Crippen molar-refractivity contribution in [3.05, 3.63) is 102 Å². The molecule has 1 atom stereocenters. The van der Waals surface area contributed by atoms with Gasteiger partial charge in [0.2, 0.25) is 0 Å². The van der Waals surface area contributed by atoms with Crippen LogP contribution in [0.1, 0.15) is 29.7 Å². The Hall–Kier alpha value is -2.64. The highest BCUT2D eigenvalue weighted by Gasteiger charge is 2.11. The van der Waals surface area contributed by atoms with Crippen LogP contribution < -0.4 is 0 Å². The van der Waals surface area contributed by atoms with E-state index in [0.717, 1.165) is 6.42 Å². The van der Waals surface area contributed by atoms with Crippen LogP contribution in [-0.4, -0.2) is 0 Å². The van der Waals surface area contributed by atoms with Crippen molar-refractivity contribution in [3.8, 4) is 11.1 Å². The highest BCUT2D eigenvalue weighted by atomic mass is 32.1. The zero-order valence-corrected chi connectivity index (χ0v) is 15.8. The van der Waals surface area contributed by atoms with Gasteiger partial charge in [-0.1, -0.05) is 86.3 Å². The summed E-state index contributed by atoms with van der Waals surface area (Å²) >= 11 is 1.84. The number of hydrogen-bond donors (Lipinski definition) is 0. The maximum atomic E-state index is 4.36. The third-order valence-corrected chi connectivity index (χ3v) is 6.13. The Bertz CT molecular complexity index is 990. The van der Waals surface area contributed by atoms with Gasteiger partial charge in [0.15, 0.2) is 0 Å². The van der Waals surface area contributed by atoms with E-state index in [-0.39, 0.29) is 0 Å². The van der Waals surface area contributed by atoms with Gasteiger partial charge in [0.05, 0.1) is 0 Å². The Labute approximate surface area is 159 Å². The molecular formula is C25H22S. The molecule has 0 nitrogen and oxygen atoms in total. The molecule has 0 fully saturated rings. The van der Waals surface area contributed by atoms with Crippen molar-refractivity contribution in [1.29, 1.82) is 0 Å². The molecule has 3 aromatic carbocycles. The summed E-state index contributed by atoms with van der Waals surface area (Å²) in [6, 6.07) is 30.3. The summed E-state index contributed by atoms with van der Waals surface area (Å²) in [6.45, 7) is 6.65. The quantitative estimate of drug-likeness (QED) is 0.343. The molecule has 0 spiro atoms. The van der Waals surface area contributed by atoms with Gasteiger partial charge in [0.25, 0.3) is 0 Å². The SMILES string of the molecule is C=C(C[C@@H](C)c1ccc(-c2ccccc2)cc1)c1cc2ccccc2s1. The van der Waals surface area contributed by atoms with E-state index in [9.17, 15) is 0 Å². The van der Waals surface area contributed by atoms with Gasteiger partial charge >= 0.3 is 0 Å². The summed E-state index contributed by atoms with van der Waals surface area (Å²) in [5.41, 5.74) is 5.13. The molecule has 0 aliphatic heterocycles. The van der Waals surface area contributed by atoms with Gasteiger partial charge in [-0.2, -0.15) is 0 Å². The minimum absolute atomic E-state index is 0.456. The van der Waals surface area contributed by atoms with Gasteiger partial charge < -0.3 is 0 Å². The Balaban J connectivity index is 1.49. The molecule has 26 heavy (non-hydrogen) atoms. The van der Waals surface area contributed by atoms with Gasteiger partial charge in [0, 0.05) is 9.58 Å². The lowest BCUT2D eigenvalue weighted by molar-refractivity contribution is 0.794. The molecule has 0 aliphatic carbocycles. The first-order chi connectivity index (χ1) is 12.7. The first-order valence-electron chi connectivity index (χ1n) is 9.03. The van der Waals surface area contributed by atoms with E-state index >= 15 is 0 Å². The van der Waals surface area contributed by atoms with Crippen molar-refractivity contribution in [3.63, 3.8) is 0 Å². The topological polar surface area (TPSA) is 0 Å². The Morgan fingerprint density at radius 2 is 1.50 bits per heavy atom. The summed E-state index contributed by atoms with van der Waals surface area (Å²) in [7, 11) is 0. The van der Waals surface area contributed by atoms with E-state index in [2.05, 4.69) is 98.4 Å². The number of thiophene rings is 1. The molecule has 0 unspecified atom stereocenters. The van der Waals surface area contributed by atoms with Gasteiger partial charge in [-0.25, -0.2) is 0 Å². The number of allylic oxidation sites excluding steroid dienone is 1. The van der Waals surface area contributed by atoms with Crippen molar-refractivity contribution in [2.24, 2.45) is 0 Å². The van der Waals surface area contributed by atoms with Crippen LogP contribution in [0.25, 0.3) is 26.8 Å². The fourth-order valence-electron chi connectivity index (χ4n) is 3.38. The van der Waals surface area contributed by atoms with Crippen molar-refractivity contribution in [2.75, 3.05) is 0 Å². The highest BCUT2D eigenvalue weighted by Crippen LogP contribution is 2.35. The highest BCUT2D eigenvalue weighted by molar-refractivity contribution is 7.20. The molecule has 4 rings (SSSR count). The molecule has 0 radical (unpaired) electrons. The second-order valence-corrected chi connectivity index (χ2v) is 7.93. The molecule has 4 aromatic rings. The molecule has 128 valence electrons. The first kappa shape index (κ1) is 16.8. The molecule has 0 amide bonds. The van der Waals surface area contributed by atoms with Crippen molar-refractivity contribution >= 4 is 27.0 Å². The van der Waals surface area contributed by atoms with Gasteiger partial charge in [0.1, 0.15) is 0 Å². The van der Waals surface area contributed by atoms with Gasteiger partial charge in [-0.15, -0.1) is 11.3 Å². The summed E-state index contributed by atoms with van der Waals surface area (Å²) in [4.78, 5) is 1.30. The molecule has 0 bridgehead atoms. The number of rotatable bonds is 5. The molecule has 1 aromatic heterocycles. The second-order valence-electron chi connectivity index (χ2n) is 6.85. The average Bonchev–Trinajstić information content (AvgIpc) is 3.13. The average molecular weight is 355 g/mol. The van der Waals surface area contributed by atoms with E-state index in [1.165, 1.54) is 37.2 Å². The summed E-state index contributed by atoms with van der Waals surface area (Å²) in [5.74, 6) is 0.456. The molecule has 0 aliphatic rings. The predicted molar refractivity (Wildman–Crippen MR) is 116 cm³/mol. The molecule has 0 N–H and O–H groups in total. The van der Waals surface area contributed by atoms with Crippen LogP contribution >= 0.6 is 11.3 Å². The third kappa shape index (κ3) is 3.49. The minimum Gasteiger partial charge on any atom is -0.136 e. The lowest BCUT2D eigenvalue weighted by Gasteiger charge is -2.14. The molecule has 1 heterocycles. The van der Waals surface area contributed by atoms with Crippen LogP contribution in [-0.2, 0) is 0 Å². The van der Waals surface area contributed by atoms with Crippen LogP contribution in [0.5, 0.6) is 0 Å². The maximum Gasteiger partial charge on any atom is 0.0349 e. The monoisotopic (exact) mass is 354 g/mol. The lowest BCUT2D eigenvalue weighted by atomic mass is 9.92. The fraction of sp³-hybridized carbons (Fsp3) is 0.120. The van der Waals surface area contributed by atoms with Crippen LogP contribution in [0.2, 0.25) is 0 Å². The number of hydrogen-bond acceptors (Lipinski definition) is 1. The zero-order valence-electron chi connectivity index (χ0n) is 15.0. The van der Waals surface area contributed by atoms with E-state index in [1.807, 2.05) is 11.3 Å². The van der Waals surface area contributed by atoms with E-state index in [0.29, 0.717) is 5.92 Å². The zero-order chi connectivity index (χ0) is 17.9. The maximum absolute atomic E-state index is 4.36. The standard InChI is InChI=1S/C25H22S/c1-18(16-19(2)25-17-23-10-6-7-11-24(23)26-25)20-12-14-22(15-13-20)21-8-4-3-5-9-21/h3-15,17-18H,2,16H2,1H3/t18-/m1/s1. The molecule has 0 saturated heterocycles. The van der Waals surface area contributed by atoms with E-state index < -0.39 is 0 Å². The third-order valence-electron chi connectivity index (χ3n) is 4.91. The molecule has 1 heteroatoms. The van der Waals surface area contributed by atoms with Crippen LogP contribution in [0, 0.1) is 0 Å². The van der Waals surface area contributed by atoms with Crippen LogP contribution in [0.4, 0.5) is 0 Å². The summed E-state index contributed by atoms with van der Waals surface area (Å²) < 4.78 is 1.34. The number of fused-ring (bicyclic) bond motifs is 1. The Morgan fingerprint density at radius 1 is 0.846 bits per heavy atom. The van der Waals surface area contributed by atoms with Gasteiger partial charge in [-0.3, -0.25) is 0 Å². The number of benzene rings is 3. The molecular weight excluding hydrogens is 332 g/mol. The van der Waals surface area contributed by atoms with Crippen molar-refractivity contribution in [2.45, 2.75) is 19.3 Å². The van der Waals surface area contributed by atoms with Crippen LogP contribution in [0.15, 0.2) is 91.5 Å². The molecule has 0 saturated carbocycles. The predicted octanol–water partition coefficient (Wildman–Crippen LogP) is 7.78. The summed E-state index contributed by atoms with van der Waals surface area (Å²) in [6.07, 6.45) is 0.984. The minimum atomic E-state index is 0.456. The lowest BCUT2D eigenvalue weighted by Crippen LogP contribution is -1.94. The van der Waals surface area contributed by atoms with Crippen LogP contribution in [0.3, 0.4) is 0 Å². The van der Waals surface area contributed by atoms with Gasteiger partial charge in [-0.05, 0) is 52.1 Å². The Kier molecular flexibility index (Phi) is 4.73. The normalized spacial score (nSPS) is 12.2. The fourth-order valence-corrected chi connectivity index (χ4v) is 4.42. The van der Waals surface area contributed by atoms with Crippen molar-refractivity contribution in [1.82, 2.24) is 0 Å². The van der Waals surface area contributed by atoms with Crippen molar-refractivity contribution < 1.29 is 0 Å².